The first-order valence-corrected chi connectivity index (χ1v) is 5.19. The van der Waals surface area contributed by atoms with Crippen molar-refractivity contribution in [2.24, 2.45) is 0 Å². The molecule has 2 aromatic heterocycles. The Balaban J connectivity index is 2.70. The van der Waals surface area contributed by atoms with Gasteiger partial charge in [-0.25, -0.2) is 4.79 Å². The second-order valence-electron chi connectivity index (χ2n) is 4.01. The molecule has 2 heterocycles. The first-order valence-electron chi connectivity index (χ1n) is 5.19. The molecule has 0 saturated carbocycles. The number of nitrogens with one attached hydrogen (secondary N) is 1. The van der Waals surface area contributed by atoms with E-state index in [1.54, 1.807) is 0 Å². The van der Waals surface area contributed by atoms with Crippen molar-refractivity contribution in [2.75, 3.05) is 0 Å². The molecule has 16 heavy (non-hydrogen) atoms. The molecule has 0 saturated heterocycles. The number of H-pyrrole nitrogens is 1. The summed E-state index contributed by atoms with van der Waals surface area (Å²) < 4.78 is 5.29. The number of rotatable bonds is 0. The molecule has 0 atom stereocenters. The van der Waals surface area contributed by atoms with Gasteiger partial charge < -0.3 is 9.40 Å². The van der Waals surface area contributed by atoms with Gasteiger partial charge in [-0.15, -0.1) is 0 Å². The Bertz CT molecular complexity index is 750. The smallest absolute Gasteiger partial charge is 0.346 e. The molecule has 3 nitrogen and oxygen atoms in total. The second-order valence-corrected chi connectivity index (χ2v) is 4.01. The highest BCUT2D eigenvalue weighted by Crippen LogP contribution is 2.25. The molecule has 3 rings (SSSR count). The molecule has 0 amide bonds. The third-order valence-corrected chi connectivity index (χ3v) is 3.06. The van der Waals surface area contributed by atoms with Gasteiger partial charge in [0.15, 0.2) is 0 Å². The molecule has 0 fully saturated rings. The Morgan fingerprint density at radius 3 is 2.75 bits per heavy atom. The number of fused-ring (bicyclic) bond motifs is 3. The van der Waals surface area contributed by atoms with E-state index in [0.717, 1.165) is 22.2 Å². The van der Waals surface area contributed by atoms with E-state index in [-0.39, 0.29) is 5.63 Å². The molecule has 0 aliphatic rings. The van der Waals surface area contributed by atoms with Crippen molar-refractivity contribution >= 4 is 21.9 Å². The fourth-order valence-corrected chi connectivity index (χ4v) is 2.09. The van der Waals surface area contributed by atoms with E-state index >= 15 is 0 Å². The molecular weight excluding hydrogens is 202 g/mol. The van der Waals surface area contributed by atoms with Crippen molar-refractivity contribution in [2.45, 2.75) is 13.8 Å². The molecular formula is C13H11NO2. The first kappa shape index (κ1) is 9.21. The lowest BCUT2D eigenvalue weighted by Crippen LogP contribution is -1.99. The lowest BCUT2D eigenvalue weighted by Gasteiger charge is -1.97. The van der Waals surface area contributed by atoms with Gasteiger partial charge in [-0.2, -0.15) is 0 Å². The van der Waals surface area contributed by atoms with Crippen LogP contribution < -0.4 is 5.63 Å². The van der Waals surface area contributed by atoms with Gasteiger partial charge in [0.2, 0.25) is 0 Å². The number of hydrogen-bond acceptors (Lipinski definition) is 2. The van der Waals surface area contributed by atoms with Crippen LogP contribution in [0.2, 0.25) is 0 Å². The molecule has 0 aliphatic carbocycles. The van der Waals surface area contributed by atoms with Crippen LogP contribution in [0.1, 0.15) is 11.3 Å². The Hall–Kier alpha value is -2.03. The van der Waals surface area contributed by atoms with Crippen LogP contribution in [0.3, 0.4) is 0 Å². The summed E-state index contributed by atoms with van der Waals surface area (Å²) in [7, 11) is 0. The minimum atomic E-state index is -0.268. The zero-order valence-electron chi connectivity index (χ0n) is 9.13. The Labute approximate surface area is 91.7 Å². The van der Waals surface area contributed by atoms with Gasteiger partial charge in [0.05, 0.1) is 10.9 Å². The lowest BCUT2D eigenvalue weighted by molar-refractivity contribution is 0.569. The average molecular weight is 213 g/mol. The van der Waals surface area contributed by atoms with Gasteiger partial charge >= 0.3 is 5.63 Å². The maximum atomic E-state index is 11.8. The minimum Gasteiger partial charge on any atom is -0.422 e. The SMILES string of the molecule is Cc1[nH]c2c(c1C)c(=O)oc1ccccc12. The molecule has 1 N–H and O–H groups in total. The minimum absolute atomic E-state index is 0.268. The van der Waals surface area contributed by atoms with Gasteiger partial charge in [-0.05, 0) is 31.5 Å². The van der Waals surface area contributed by atoms with E-state index in [2.05, 4.69) is 4.98 Å². The number of aryl methyl sites for hydroxylation is 2. The van der Waals surface area contributed by atoms with Crippen molar-refractivity contribution in [1.29, 1.82) is 0 Å². The van der Waals surface area contributed by atoms with E-state index in [4.69, 9.17) is 4.42 Å². The van der Waals surface area contributed by atoms with Crippen molar-refractivity contribution in [3.63, 3.8) is 0 Å². The molecule has 0 unspecified atom stereocenters. The quantitative estimate of drug-likeness (QED) is 0.583. The van der Waals surface area contributed by atoms with E-state index in [9.17, 15) is 4.79 Å². The maximum absolute atomic E-state index is 11.8. The van der Waals surface area contributed by atoms with Crippen LogP contribution in [-0.4, -0.2) is 4.98 Å². The molecule has 3 heteroatoms. The van der Waals surface area contributed by atoms with E-state index in [1.807, 2.05) is 38.1 Å². The van der Waals surface area contributed by atoms with Crippen LogP contribution >= 0.6 is 0 Å². The topological polar surface area (TPSA) is 46.0 Å². The highest BCUT2D eigenvalue weighted by Gasteiger charge is 2.12. The third kappa shape index (κ3) is 1.05. The molecule has 0 bridgehead atoms. The van der Waals surface area contributed by atoms with E-state index < -0.39 is 0 Å². The van der Waals surface area contributed by atoms with Crippen LogP contribution in [0.15, 0.2) is 33.5 Å². The van der Waals surface area contributed by atoms with E-state index in [1.165, 1.54) is 0 Å². The lowest BCUT2D eigenvalue weighted by atomic mass is 10.1. The molecule has 80 valence electrons. The maximum Gasteiger partial charge on any atom is 0.346 e. The molecule has 1 aromatic carbocycles. The molecule has 3 aromatic rings. The largest absolute Gasteiger partial charge is 0.422 e. The normalized spacial score (nSPS) is 11.4. The predicted molar refractivity (Wildman–Crippen MR) is 63.8 cm³/mol. The number of benzene rings is 1. The summed E-state index contributed by atoms with van der Waals surface area (Å²) in [5, 5.41) is 1.62. The third-order valence-electron chi connectivity index (χ3n) is 3.06. The Morgan fingerprint density at radius 1 is 1.19 bits per heavy atom. The van der Waals surface area contributed by atoms with Crippen LogP contribution in [0.5, 0.6) is 0 Å². The summed E-state index contributed by atoms with van der Waals surface area (Å²) in [6.45, 7) is 3.89. The zero-order chi connectivity index (χ0) is 11.3. The predicted octanol–water partition coefficient (Wildman–Crippen LogP) is 2.89. The van der Waals surface area contributed by atoms with Gasteiger partial charge in [0.1, 0.15) is 5.58 Å². The summed E-state index contributed by atoms with van der Waals surface area (Å²) in [5.74, 6) is 0. The summed E-state index contributed by atoms with van der Waals surface area (Å²) in [5.41, 5.74) is 3.21. The second kappa shape index (κ2) is 2.98. The fraction of sp³-hybridized carbons (Fsp3) is 0.154. The van der Waals surface area contributed by atoms with Crippen molar-refractivity contribution in [3.8, 4) is 0 Å². The number of hydrogen-bond donors (Lipinski definition) is 1. The summed E-state index contributed by atoms with van der Waals surface area (Å²) in [6.07, 6.45) is 0. The first-order chi connectivity index (χ1) is 7.68. The number of para-hydroxylation sites is 1. The van der Waals surface area contributed by atoms with Crippen molar-refractivity contribution in [3.05, 3.63) is 45.9 Å². The van der Waals surface area contributed by atoms with Gasteiger partial charge in [0.25, 0.3) is 0 Å². The van der Waals surface area contributed by atoms with Gasteiger partial charge in [0, 0.05) is 11.1 Å². The highest BCUT2D eigenvalue weighted by molar-refractivity contribution is 6.03. The van der Waals surface area contributed by atoms with Crippen molar-refractivity contribution < 1.29 is 4.42 Å². The van der Waals surface area contributed by atoms with Crippen LogP contribution in [-0.2, 0) is 0 Å². The summed E-state index contributed by atoms with van der Waals surface area (Å²) >= 11 is 0. The highest BCUT2D eigenvalue weighted by atomic mass is 16.4. The summed E-state index contributed by atoms with van der Waals surface area (Å²) in [4.78, 5) is 15.1. The zero-order valence-corrected chi connectivity index (χ0v) is 9.13. The average Bonchev–Trinajstić information content (AvgIpc) is 2.57. The van der Waals surface area contributed by atoms with Gasteiger partial charge in [-0.1, -0.05) is 12.1 Å². The monoisotopic (exact) mass is 213 g/mol. The summed E-state index contributed by atoms with van der Waals surface area (Å²) in [6, 6.07) is 7.56. The van der Waals surface area contributed by atoms with Crippen LogP contribution in [0.25, 0.3) is 21.9 Å². The van der Waals surface area contributed by atoms with Crippen LogP contribution in [0.4, 0.5) is 0 Å². The van der Waals surface area contributed by atoms with Gasteiger partial charge in [-0.3, -0.25) is 0 Å². The standard InChI is InChI=1S/C13H11NO2/c1-7-8(2)14-12-9-5-3-4-6-10(9)16-13(15)11(7)12/h3-6,14H,1-2H3. The Morgan fingerprint density at radius 2 is 1.94 bits per heavy atom. The number of aromatic amines is 1. The van der Waals surface area contributed by atoms with E-state index in [0.29, 0.717) is 11.0 Å². The van der Waals surface area contributed by atoms with Crippen molar-refractivity contribution in [1.82, 2.24) is 4.98 Å². The van der Waals surface area contributed by atoms with Crippen LogP contribution in [0, 0.1) is 13.8 Å². The Kier molecular flexibility index (Phi) is 1.72. The molecule has 0 spiro atoms. The molecule has 0 aliphatic heterocycles. The molecule has 0 radical (unpaired) electrons. The fourth-order valence-electron chi connectivity index (χ4n) is 2.09. The number of aromatic nitrogens is 1.